The summed E-state index contributed by atoms with van der Waals surface area (Å²) in [7, 11) is 4.68. The van der Waals surface area contributed by atoms with E-state index >= 15 is 0 Å². The molecule has 0 heterocycles. The van der Waals surface area contributed by atoms with Gasteiger partial charge < -0.3 is 24.3 Å². The van der Waals surface area contributed by atoms with Crippen molar-refractivity contribution in [3.8, 4) is 29.1 Å². The van der Waals surface area contributed by atoms with Crippen molar-refractivity contribution in [2.24, 2.45) is 0 Å². The minimum Gasteiger partial charge on any atom is -0.493 e. The van der Waals surface area contributed by atoms with Gasteiger partial charge in [0.25, 0.3) is 5.91 Å². The molecular formula is C23H25BrN2O5. The first-order chi connectivity index (χ1) is 15.0. The third-order valence-electron chi connectivity index (χ3n) is 4.36. The normalized spacial score (nSPS) is 10.8. The average molecular weight is 489 g/mol. The monoisotopic (exact) mass is 488 g/mol. The number of ether oxygens (including phenoxy) is 4. The Morgan fingerprint density at radius 2 is 1.81 bits per heavy atom. The minimum absolute atomic E-state index is 0.00887. The molecule has 0 bridgehead atoms. The Kier molecular flexibility index (Phi) is 9.22. The summed E-state index contributed by atoms with van der Waals surface area (Å²) in [5.74, 6) is 1.89. The molecule has 31 heavy (non-hydrogen) atoms. The predicted octanol–water partition coefficient (Wildman–Crippen LogP) is 4.14. The number of nitrogens with zero attached hydrogens (tertiary/aromatic N) is 1. The zero-order valence-electron chi connectivity index (χ0n) is 18.0. The van der Waals surface area contributed by atoms with Gasteiger partial charge >= 0.3 is 0 Å². The van der Waals surface area contributed by atoms with Gasteiger partial charge in [0.2, 0.25) is 0 Å². The number of nitriles is 1. The van der Waals surface area contributed by atoms with E-state index < -0.39 is 5.91 Å². The molecule has 0 saturated carbocycles. The second-order valence-electron chi connectivity index (χ2n) is 6.33. The molecule has 2 rings (SSSR count). The fourth-order valence-corrected chi connectivity index (χ4v) is 3.45. The molecule has 7 nitrogen and oxygen atoms in total. The van der Waals surface area contributed by atoms with Gasteiger partial charge in [-0.2, -0.15) is 5.26 Å². The summed E-state index contributed by atoms with van der Waals surface area (Å²) in [6, 6.07) is 11.0. The lowest BCUT2D eigenvalue weighted by Crippen LogP contribution is -2.26. The molecule has 0 aliphatic carbocycles. The maximum absolute atomic E-state index is 12.5. The van der Waals surface area contributed by atoms with Crippen LogP contribution < -0.4 is 24.3 Å². The lowest BCUT2D eigenvalue weighted by atomic mass is 10.1. The summed E-state index contributed by atoms with van der Waals surface area (Å²) in [6.07, 6.45) is 2.09. The molecule has 0 aliphatic rings. The van der Waals surface area contributed by atoms with Gasteiger partial charge in [-0.25, -0.2) is 0 Å². The molecule has 0 unspecified atom stereocenters. The first kappa shape index (κ1) is 24.1. The Bertz CT molecular complexity index is 998. The van der Waals surface area contributed by atoms with E-state index in [4.69, 9.17) is 18.9 Å². The number of halogens is 1. The van der Waals surface area contributed by atoms with Gasteiger partial charge in [-0.1, -0.05) is 6.07 Å². The fraction of sp³-hybridized carbons (Fsp3) is 0.304. The van der Waals surface area contributed by atoms with Gasteiger partial charge in [0.15, 0.2) is 23.0 Å². The average Bonchev–Trinajstić information content (AvgIpc) is 2.78. The Morgan fingerprint density at radius 3 is 2.42 bits per heavy atom. The van der Waals surface area contributed by atoms with Crippen LogP contribution in [0.4, 0.5) is 0 Å². The van der Waals surface area contributed by atoms with Crippen molar-refractivity contribution >= 4 is 27.9 Å². The van der Waals surface area contributed by atoms with E-state index in [1.165, 1.54) is 13.2 Å². The number of carbonyl (C=O) groups excluding carboxylic acids is 1. The number of methoxy groups -OCH3 is 3. The number of hydrogen-bond acceptors (Lipinski definition) is 6. The maximum atomic E-state index is 12.5. The van der Waals surface area contributed by atoms with Gasteiger partial charge in [-0.15, -0.1) is 0 Å². The van der Waals surface area contributed by atoms with Gasteiger partial charge in [0, 0.05) is 6.54 Å². The lowest BCUT2D eigenvalue weighted by molar-refractivity contribution is -0.117. The molecule has 8 heteroatoms. The van der Waals surface area contributed by atoms with Crippen LogP contribution in [-0.4, -0.2) is 40.4 Å². The van der Waals surface area contributed by atoms with E-state index in [1.807, 2.05) is 31.2 Å². The molecule has 1 amide bonds. The summed E-state index contributed by atoms with van der Waals surface area (Å²) >= 11 is 3.44. The van der Waals surface area contributed by atoms with Gasteiger partial charge in [0.05, 0.1) is 32.4 Å². The molecule has 2 aromatic carbocycles. The standard InChI is InChI=1S/C23H25BrN2O5/c1-5-31-22-18(24)11-16(13-21(22)30-4)10-17(14-25)23(27)26-9-8-15-6-7-19(28-2)20(12-15)29-3/h6-7,10-13H,5,8-9H2,1-4H3,(H,26,27). The highest BCUT2D eigenvalue weighted by molar-refractivity contribution is 9.10. The van der Waals surface area contributed by atoms with Crippen LogP contribution in [0.3, 0.4) is 0 Å². The van der Waals surface area contributed by atoms with Crippen LogP contribution in [0.2, 0.25) is 0 Å². The topological polar surface area (TPSA) is 89.8 Å². The van der Waals surface area contributed by atoms with Crippen LogP contribution in [0, 0.1) is 11.3 Å². The third-order valence-corrected chi connectivity index (χ3v) is 4.95. The molecule has 0 radical (unpaired) electrons. The maximum Gasteiger partial charge on any atom is 0.261 e. The molecule has 0 fully saturated rings. The van der Waals surface area contributed by atoms with Crippen molar-refractivity contribution in [3.05, 3.63) is 51.5 Å². The van der Waals surface area contributed by atoms with Crippen LogP contribution in [0.1, 0.15) is 18.1 Å². The number of hydrogen-bond donors (Lipinski definition) is 1. The van der Waals surface area contributed by atoms with Gasteiger partial charge in [-0.3, -0.25) is 4.79 Å². The number of benzene rings is 2. The highest BCUT2D eigenvalue weighted by atomic mass is 79.9. The third kappa shape index (κ3) is 6.40. The zero-order chi connectivity index (χ0) is 22.8. The van der Waals surface area contributed by atoms with E-state index in [0.717, 1.165) is 5.56 Å². The molecule has 0 aromatic heterocycles. The number of rotatable bonds is 10. The molecule has 2 aromatic rings. The minimum atomic E-state index is -0.452. The van der Waals surface area contributed by atoms with E-state index in [2.05, 4.69) is 21.2 Å². The second-order valence-corrected chi connectivity index (χ2v) is 7.19. The highest BCUT2D eigenvalue weighted by Gasteiger charge is 2.13. The first-order valence-corrected chi connectivity index (χ1v) is 10.4. The van der Waals surface area contributed by atoms with Crippen LogP contribution in [0.15, 0.2) is 40.4 Å². The Labute approximate surface area is 190 Å². The molecular weight excluding hydrogens is 464 g/mol. The van der Waals surface area contributed by atoms with Crippen molar-refractivity contribution in [1.29, 1.82) is 5.26 Å². The quantitative estimate of drug-likeness (QED) is 0.399. The number of nitrogens with one attached hydrogen (secondary N) is 1. The molecule has 0 aliphatic heterocycles. The highest BCUT2D eigenvalue weighted by Crippen LogP contribution is 2.37. The van der Waals surface area contributed by atoms with Gasteiger partial charge in [0.1, 0.15) is 11.6 Å². The van der Waals surface area contributed by atoms with E-state index in [1.54, 1.807) is 26.4 Å². The summed E-state index contributed by atoms with van der Waals surface area (Å²) in [5.41, 5.74) is 1.60. The summed E-state index contributed by atoms with van der Waals surface area (Å²) in [5, 5.41) is 12.2. The Morgan fingerprint density at radius 1 is 1.10 bits per heavy atom. The van der Waals surface area contributed by atoms with Crippen LogP contribution >= 0.6 is 15.9 Å². The largest absolute Gasteiger partial charge is 0.493 e. The second kappa shape index (κ2) is 11.9. The zero-order valence-corrected chi connectivity index (χ0v) is 19.5. The summed E-state index contributed by atoms with van der Waals surface area (Å²) in [6.45, 7) is 2.72. The van der Waals surface area contributed by atoms with E-state index in [0.29, 0.717) is 52.6 Å². The predicted molar refractivity (Wildman–Crippen MR) is 122 cm³/mol. The molecule has 1 N–H and O–H groups in total. The SMILES string of the molecule is CCOc1c(Br)cc(C=C(C#N)C(=O)NCCc2ccc(OC)c(OC)c2)cc1OC. The Hall–Kier alpha value is -3.18. The van der Waals surface area contributed by atoms with Crippen molar-refractivity contribution < 1.29 is 23.7 Å². The Balaban J connectivity index is 2.09. The smallest absolute Gasteiger partial charge is 0.261 e. The van der Waals surface area contributed by atoms with Crippen LogP contribution in [-0.2, 0) is 11.2 Å². The molecule has 0 atom stereocenters. The van der Waals surface area contributed by atoms with E-state index in [9.17, 15) is 10.1 Å². The van der Waals surface area contributed by atoms with Gasteiger partial charge in [-0.05, 0) is 70.7 Å². The fourth-order valence-electron chi connectivity index (χ4n) is 2.87. The number of carbonyl (C=O) groups is 1. The van der Waals surface area contributed by atoms with Crippen molar-refractivity contribution in [2.75, 3.05) is 34.5 Å². The first-order valence-electron chi connectivity index (χ1n) is 9.58. The molecule has 164 valence electrons. The summed E-state index contributed by atoms with van der Waals surface area (Å²) < 4.78 is 22.1. The van der Waals surface area contributed by atoms with Crippen LogP contribution in [0.25, 0.3) is 6.08 Å². The van der Waals surface area contributed by atoms with Crippen molar-refractivity contribution in [1.82, 2.24) is 5.32 Å². The van der Waals surface area contributed by atoms with Crippen molar-refractivity contribution in [3.63, 3.8) is 0 Å². The van der Waals surface area contributed by atoms with Crippen LogP contribution in [0.5, 0.6) is 23.0 Å². The van der Waals surface area contributed by atoms with Crippen molar-refractivity contribution in [2.45, 2.75) is 13.3 Å². The number of amides is 1. The van der Waals surface area contributed by atoms with E-state index in [-0.39, 0.29) is 5.57 Å². The summed E-state index contributed by atoms with van der Waals surface area (Å²) in [4.78, 5) is 12.5. The lowest BCUT2D eigenvalue weighted by Gasteiger charge is -2.12. The molecule has 0 spiro atoms. The molecule has 0 saturated heterocycles.